The van der Waals surface area contributed by atoms with Crippen LogP contribution >= 0.6 is 0 Å². The SMILES string of the molecule is CC(C)(C)c1cc(CCC=O)ccc1O. The van der Waals surface area contributed by atoms with Gasteiger partial charge in [-0.05, 0) is 29.0 Å². The van der Waals surface area contributed by atoms with Crippen LogP contribution in [0, 0.1) is 0 Å². The van der Waals surface area contributed by atoms with Crippen molar-refractivity contribution in [1.29, 1.82) is 0 Å². The molecule has 0 aliphatic carbocycles. The number of rotatable bonds is 3. The number of phenols is 1. The maximum atomic E-state index is 10.3. The molecule has 0 bridgehead atoms. The smallest absolute Gasteiger partial charge is 0.120 e. The zero-order chi connectivity index (χ0) is 11.5. The van der Waals surface area contributed by atoms with Gasteiger partial charge in [0.1, 0.15) is 12.0 Å². The van der Waals surface area contributed by atoms with Crippen LogP contribution in [0.2, 0.25) is 0 Å². The molecule has 0 aliphatic heterocycles. The van der Waals surface area contributed by atoms with Crippen molar-refractivity contribution in [3.63, 3.8) is 0 Å². The van der Waals surface area contributed by atoms with E-state index in [4.69, 9.17) is 0 Å². The van der Waals surface area contributed by atoms with Crippen molar-refractivity contribution in [3.8, 4) is 5.75 Å². The van der Waals surface area contributed by atoms with Gasteiger partial charge in [0.05, 0.1) is 0 Å². The molecule has 1 aromatic rings. The Morgan fingerprint density at radius 3 is 2.53 bits per heavy atom. The molecule has 0 fully saturated rings. The first-order chi connectivity index (χ1) is 6.95. The summed E-state index contributed by atoms with van der Waals surface area (Å²) >= 11 is 0. The number of aldehydes is 1. The van der Waals surface area contributed by atoms with Crippen LogP contribution in [0.4, 0.5) is 0 Å². The fourth-order valence-corrected chi connectivity index (χ4v) is 1.57. The Kier molecular flexibility index (Phi) is 3.51. The number of hydrogen-bond acceptors (Lipinski definition) is 2. The molecule has 0 aromatic heterocycles. The molecule has 0 amide bonds. The van der Waals surface area contributed by atoms with Gasteiger partial charge in [0.25, 0.3) is 0 Å². The highest BCUT2D eigenvalue weighted by Gasteiger charge is 2.18. The molecule has 1 N–H and O–H groups in total. The fourth-order valence-electron chi connectivity index (χ4n) is 1.57. The lowest BCUT2D eigenvalue weighted by molar-refractivity contribution is -0.107. The lowest BCUT2D eigenvalue weighted by Gasteiger charge is -2.21. The standard InChI is InChI=1S/C13H18O2/c1-13(2,3)11-9-10(5-4-8-14)6-7-12(11)15/h6-9,15H,4-5H2,1-3H3. The van der Waals surface area contributed by atoms with Gasteiger partial charge in [-0.2, -0.15) is 0 Å². The zero-order valence-corrected chi connectivity index (χ0v) is 9.58. The minimum atomic E-state index is -0.0682. The summed E-state index contributed by atoms with van der Waals surface area (Å²) in [5.74, 6) is 0.331. The van der Waals surface area contributed by atoms with Gasteiger partial charge in [-0.1, -0.05) is 32.9 Å². The third-order valence-electron chi connectivity index (χ3n) is 2.42. The van der Waals surface area contributed by atoms with Gasteiger partial charge in [-0.15, -0.1) is 0 Å². The summed E-state index contributed by atoms with van der Waals surface area (Å²) in [4.78, 5) is 10.3. The highest BCUT2D eigenvalue weighted by molar-refractivity contribution is 5.50. The van der Waals surface area contributed by atoms with Crippen LogP contribution < -0.4 is 0 Å². The fraction of sp³-hybridized carbons (Fsp3) is 0.462. The molecule has 0 unspecified atom stereocenters. The van der Waals surface area contributed by atoms with Gasteiger partial charge in [0.15, 0.2) is 0 Å². The highest BCUT2D eigenvalue weighted by Crippen LogP contribution is 2.31. The first-order valence-electron chi connectivity index (χ1n) is 5.21. The molecule has 0 saturated heterocycles. The van der Waals surface area contributed by atoms with Crippen molar-refractivity contribution in [2.45, 2.75) is 39.0 Å². The van der Waals surface area contributed by atoms with E-state index >= 15 is 0 Å². The van der Waals surface area contributed by atoms with E-state index in [0.29, 0.717) is 12.2 Å². The molecule has 0 aliphatic rings. The molecule has 2 heteroatoms. The molecule has 15 heavy (non-hydrogen) atoms. The summed E-state index contributed by atoms with van der Waals surface area (Å²) in [7, 11) is 0. The summed E-state index contributed by atoms with van der Waals surface area (Å²) < 4.78 is 0. The van der Waals surface area contributed by atoms with Gasteiger partial charge in [-0.3, -0.25) is 0 Å². The molecular formula is C13H18O2. The van der Waals surface area contributed by atoms with E-state index in [1.807, 2.05) is 12.1 Å². The summed E-state index contributed by atoms with van der Waals surface area (Å²) in [5, 5.41) is 9.73. The molecular weight excluding hydrogens is 188 g/mol. The largest absolute Gasteiger partial charge is 0.508 e. The third-order valence-corrected chi connectivity index (χ3v) is 2.42. The summed E-state index contributed by atoms with van der Waals surface area (Å²) in [6.07, 6.45) is 2.20. The molecule has 0 saturated carbocycles. The Morgan fingerprint density at radius 1 is 1.33 bits per heavy atom. The Balaban J connectivity index is 3.00. The Bertz CT molecular complexity index is 348. The lowest BCUT2D eigenvalue weighted by Crippen LogP contribution is -2.11. The van der Waals surface area contributed by atoms with Crippen LogP contribution in [-0.2, 0) is 16.6 Å². The normalized spacial score (nSPS) is 11.4. The second kappa shape index (κ2) is 4.47. The second-order valence-corrected chi connectivity index (χ2v) is 4.81. The van der Waals surface area contributed by atoms with Crippen molar-refractivity contribution < 1.29 is 9.90 Å². The predicted molar refractivity (Wildman–Crippen MR) is 61.2 cm³/mol. The molecule has 0 heterocycles. The van der Waals surface area contributed by atoms with Gasteiger partial charge >= 0.3 is 0 Å². The molecule has 1 rings (SSSR count). The van der Waals surface area contributed by atoms with Crippen molar-refractivity contribution in [2.24, 2.45) is 0 Å². The molecule has 82 valence electrons. The summed E-state index contributed by atoms with van der Waals surface area (Å²) in [5.41, 5.74) is 1.97. The molecule has 0 radical (unpaired) electrons. The Hall–Kier alpha value is -1.31. The van der Waals surface area contributed by atoms with Crippen molar-refractivity contribution in [2.75, 3.05) is 0 Å². The number of hydrogen-bond donors (Lipinski definition) is 1. The number of aryl methyl sites for hydroxylation is 1. The van der Waals surface area contributed by atoms with Crippen LogP contribution in [0.1, 0.15) is 38.3 Å². The van der Waals surface area contributed by atoms with Crippen LogP contribution in [0.5, 0.6) is 5.75 Å². The maximum absolute atomic E-state index is 10.3. The van der Waals surface area contributed by atoms with Crippen LogP contribution in [0.15, 0.2) is 18.2 Å². The van der Waals surface area contributed by atoms with E-state index in [0.717, 1.165) is 23.8 Å². The number of aromatic hydroxyl groups is 1. The Morgan fingerprint density at radius 2 is 2.00 bits per heavy atom. The van der Waals surface area contributed by atoms with E-state index in [1.54, 1.807) is 6.07 Å². The number of carbonyl (C=O) groups is 1. The average molecular weight is 206 g/mol. The van der Waals surface area contributed by atoms with E-state index in [1.165, 1.54) is 0 Å². The highest BCUT2D eigenvalue weighted by atomic mass is 16.3. The van der Waals surface area contributed by atoms with Crippen LogP contribution in [0.3, 0.4) is 0 Å². The van der Waals surface area contributed by atoms with Gasteiger partial charge < -0.3 is 9.90 Å². The third kappa shape index (κ3) is 3.08. The van der Waals surface area contributed by atoms with Crippen molar-refractivity contribution in [3.05, 3.63) is 29.3 Å². The molecule has 0 spiro atoms. The molecule has 0 atom stereocenters. The van der Waals surface area contributed by atoms with E-state index < -0.39 is 0 Å². The second-order valence-electron chi connectivity index (χ2n) is 4.81. The maximum Gasteiger partial charge on any atom is 0.120 e. The summed E-state index contributed by atoms with van der Waals surface area (Å²) in [6.45, 7) is 6.18. The topological polar surface area (TPSA) is 37.3 Å². The number of carbonyl (C=O) groups excluding carboxylic acids is 1. The minimum Gasteiger partial charge on any atom is -0.508 e. The van der Waals surface area contributed by atoms with Crippen molar-refractivity contribution >= 4 is 6.29 Å². The van der Waals surface area contributed by atoms with E-state index in [2.05, 4.69) is 20.8 Å². The van der Waals surface area contributed by atoms with E-state index in [-0.39, 0.29) is 5.41 Å². The number of phenolic OH excluding ortho intramolecular Hbond substituents is 1. The monoisotopic (exact) mass is 206 g/mol. The summed E-state index contributed by atoms with van der Waals surface area (Å²) in [6, 6.07) is 5.56. The van der Waals surface area contributed by atoms with Crippen LogP contribution in [-0.4, -0.2) is 11.4 Å². The quantitative estimate of drug-likeness (QED) is 0.772. The average Bonchev–Trinajstić information content (AvgIpc) is 2.15. The predicted octanol–water partition coefficient (Wildman–Crippen LogP) is 2.82. The van der Waals surface area contributed by atoms with Crippen molar-refractivity contribution in [1.82, 2.24) is 0 Å². The van der Waals surface area contributed by atoms with Gasteiger partial charge in [0, 0.05) is 6.42 Å². The first kappa shape index (κ1) is 11.8. The van der Waals surface area contributed by atoms with E-state index in [9.17, 15) is 9.90 Å². The Labute approximate surface area is 90.9 Å². The van der Waals surface area contributed by atoms with Crippen LogP contribution in [0.25, 0.3) is 0 Å². The van der Waals surface area contributed by atoms with Gasteiger partial charge in [-0.25, -0.2) is 0 Å². The lowest BCUT2D eigenvalue weighted by atomic mass is 9.85. The molecule has 1 aromatic carbocycles. The van der Waals surface area contributed by atoms with Gasteiger partial charge in [0.2, 0.25) is 0 Å². The zero-order valence-electron chi connectivity index (χ0n) is 9.58. The first-order valence-corrected chi connectivity index (χ1v) is 5.21. The molecule has 2 nitrogen and oxygen atoms in total. The number of benzene rings is 1. The minimum absolute atomic E-state index is 0.0682.